The van der Waals surface area contributed by atoms with Gasteiger partial charge in [-0.1, -0.05) is 0 Å². The molecule has 21 heavy (non-hydrogen) atoms. The Kier molecular flexibility index (Phi) is 6.83. The summed E-state index contributed by atoms with van der Waals surface area (Å²) in [6, 6.07) is 3.80. The molecule has 8 heteroatoms. The minimum atomic E-state index is -1.07. The van der Waals surface area contributed by atoms with Crippen LogP contribution in [-0.4, -0.2) is 39.4 Å². The number of urea groups is 1. The van der Waals surface area contributed by atoms with E-state index in [9.17, 15) is 13.8 Å². The second kappa shape index (κ2) is 8.14. The third-order valence-electron chi connectivity index (χ3n) is 2.68. The van der Waals surface area contributed by atoms with Gasteiger partial charge in [-0.3, -0.25) is 4.21 Å². The van der Waals surface area contributed by atoms with Crippen LogP contribution in [0.3, 0.4) is 0 Å². The SMILES string of the molecule is CC(CCS(C)=O)NC(=O)Nc1cc(C(=O)O)ccc1Br. The van der Waals surface area contributed by atoms with Gasteiger partial charge >= 0.3 is 12.0 Å². The second-order valence-corrected chi connectivity index (χ2v) is 6.97. The van der Waals surface area contributed by atoms with Gasteiger partial charge in [0.05, 0.1) is 11.3 Å². The fraction of sp³-hybridized carbons (Fsp3) is 0.385. The minimum absolute atomic E-state index is 0.0860. The van der Waals surface area contributed by atoms with Crippen LogP contribution in [0.1, 0.15) is 23.7 Å². The maximum atomic E-state index is 11.8. The van der Waals surface area contributed by atoms with Gasteiger partial charge in [-0.15, -0.1) is 0 Å². The Labute approximate surface area is 133 Å². The Morgan fingerprint density at radius 2 is 2.10 bits per heavy atom. The van der Waals surface area contributed by atoms with Crippen molar-refractivity contribution >= 4 is 44.4 Å². The van der Waals surface area contributed by atoms with Gasteiger partial charge in [0.15, 0.2) is 0 Å². The van der Waals surface area contributed by atoms with E-state index in [1.165, 1.54) is 12.1 Å². The lowest BCUT2D eigenvalue weighted by Crippen LogP contribution is -2.36. The summed E-state index contributed by atoms with van der Waals surface area (Å²) in [6.07, 6.45) is 2.22. The minimum Gasteiger partial charge on any atom is -0.478 e. The van der Waals surface area contributed by atoms with E-state index in [0.717, 1.165) is 0 Å². The van der Waals surface area contributed by atoms with Crippen molar-refractivity contribution in [1.82, 2.24) is 5.32 Å². The van der Waals surface area contributed by atoms with Gasteiger partial charge in [0.2, 0.25) is 0 Å². The van der Waals surface area contributed by atoms with Crippen molar-refractivity contribution in [2.45, 2.75) is 19.4 Å². The molecule has 6 nitrogen and oxygen atoms in total. The number of halogens is 1. The molecular formula is C13H17BrN2O4S. The smallest absolute Gasteiger partial charge is 0.335 e. The summed E-state index contributed by atoms with van der Waals surface area (Å²) >= 11 is 3.25. The average Bonchev–Trinajstić information content (AvgIpc) is 2.38. The first-order valence-electron chi connectivity index (χ1n) is 6.20. The maximum Gasteiger partial charge on any atom is 0.335 e. The number of hydrogen-bond donors (Lipinski definition) is 3. The van der Waals surface area contributed by atoms with Crippen molar-refractivity contribution in [3.05, 3.63) is 28.2 Å². The molecular weight excluding hydrogens is 360 g/mol. The summed E-state index contributed by atoms with van der Waals surface area (Å²) in [5, 5.41) is 14.2. The normalized spacial score (nSPS) is 13.3. The van der Waals surface area contributed by atoms with Crippen molar-refractivity contribution in [1.29, 1.82) is 0 Å². The Bertz CT molecular complexity index is 565. The molecule has 1 aromatic carbocycles. The van der Waals surface area contributed by atoms with Gasteiger partial charge in [-0.25, -0.2) is 9.59 Å². The van der Waals surface area contributed by atoms with Crippen molar-refractivity contribution in [3.63, 3.8) is 0 Å². The maximum absolute atomic E-state index is 11.8. The standard InChI is InChI=1S/C13H17BrN2O4S/c1-8(5-6-21(2)20)15-13(19)16-11-7-9(12(17)18)3-4-10(11)14/h3-4,7-8H,5-6H2,1-2H3,(H,17,18)(H2,15,16,19). The topological polar surface area (TPSA) is 95.5 Å². The molecule has 2 unspecified atom stereocenters. The van der Waals surface area contributed by atoms with E-state index in [4.69, 9.17) is 5.11 Å². The summed E-state index contributed by atoms with van der Waals surface area (Å²) in [4.78, 5) is 22.7. The van der Waals surface area contributed by atoms with E-state index in [2.05, 4.69) is 26.6 Å². The van der Waals surface area contributed by atoms with E-state index < -0.39 is 22.8 Å². The third-order valence-corrected chi connectivity index (χ3v) is 4.18. The van der Waals surface area contributed by atoms with Gasteiger partial charge in [-0.05, 0) is 47.5 Å². The molecule has 0 heterocycles. The summed E-state index contributed by atoms with van der Waals surface area (Å²) in [6.45, 7) is 1.81. The van der Waals surface area contributed by atoms with Crippen molar-refractivity contribution in [3.8, 4) is 0 Å². The van der Waals surface area contributed by atoms with Gasteiger partial charge in [0.25, 0.3) is 0 Å². The number of hydrogen-bond acceptors (Lipinski definition) is 3. The monoisotopic (exact) mass is 376 g/mol. The number of benzene rings is 1. The zero-order valence-electron chi connectivity index (χ0n) is 11.7. The molecule has 0 aliphatic heterocycles. The number of carboxylic acid groups (broad SMARTS) is 1. The molecule has 0 saturated heterocycles. The number of carbonyl (C=O) groups is 2. The molecule has 0 aliphatic carbocycles. The van der Waals surface area contributed by atoms with E-state index in [1.54, 1.807) is 12.3 Å². The molecule has 0 radical (unpaired) electrons. The van der Waals surface area contributed by atoms with E-state index >= 15 is 0 Å². The summed E-state index contributed by atoms with van der Waals surface area (Å²) in [5.41, 5.74) is 0.460. The Morgan fingerprint density at radius 3 is 2.67 bits per heavy atom. The molecule has 0 aromatic heterocycles. The molecule has 0 bridgehead atoms. The van der Waals surface area contributed by atoms with Crippen molar-refractivity contribution in [2.24, 2.45) is 0 Å². The number of anilines is 1. The highest BCUT2D eigenvalue weighted by Gasteiger charge is 2.12. The van der Waals surface area contributed by atoms with Crippen LogP contribution in [0, 0.1) is 0 Å². The zero-order valence-corrected chi connectivity index (χ0v) is 14.1. The predicted octanol–water partition coefficient (Wildman–Crippen LogP) is 2.43. The second-order valence-electron chi connectivity index (χ2n) is 4.57. The van der Waals surface area contributed by atoms with Crippen LogP contribution in [0.25, 0.3) is 0 Å². The molecule has 3 N–H and O–H groups in total. The van der Waals surface area contributed by atoms with Crippen molar-refractivity contribution < 1.29 is 18.9 Å². The summed E-state index contributed by atoms with van der Waals surface area (Å²) in [5.74, 6) is -0.552. The molecule has 0 spiro atoms. The Hall–Kier alpha value is -1.41. The summed E-state index contributed by atoms with van der Waals surface area (Å²) in [7, 11) is -0.895. The zero-order chi connectivity index (χ0) is 16.0. The van der Waals surface area contributed by atoms with E-state index in [0.29, 0.717) is 22.3 Å². The molecule has 116 valence electrons. The molecule has 0 aliphatic rings. The predicted molar refractivity (Wildman–Crippen MR) is 86.3 cm³/mol. The molecule has 0 saturated carbocycles. The lowest BCUT2D eigenvalue weighted by molar-refractivity contribution is 0.0697. The van der Waals surface area contributed by atoms with Crippen LogP contribution in [-0.2, 0) is 10.8 Å². The molecule has 1 aromatic rings. The average molecular weight is 377 g/mol. The number of nitrogens with one attached hydrogen (secondary N) is 2. The molecule has 1 rings (SSSR count). The summed E-state index contributed by atoms with van der Waals surface area (Å²) < 4.78 is 11.6. The van der Waals surface area contributed by atoms with Crippen molar-refractivity contribution in [2.75, 3.05) is 17.3 Å². The van der Waals surface area contributed by atoms with Gasteiger partial charge in [-0.2, -0.15) is 0 Å². The quantitative estimate of drug-likeness (QED) is 0.710. The number of rotatable bonds is 6. The lowest BCUT2D eigenvalue weighted by Gasteiger charge is -2.15. The number of carboxylic acids is 1. The third kappa shape index (κ3) is 6.26. The van der Waals surface area contributed by atoms with Gasteiger partial charge in [0, 0.05) is 33.3 Å². The Balaban J connectivity index is 2.64. The van der Waals surface area contributed by atoms with E-state index in [-0.39, 0.29) is 11.6 Å². The van der Waals surface area contributed by atoms with Crippen LogP contribution in [0.15, 0.2) is 22.7 Å². The highest BCUT2D eigenvalue weighted by atomic mass is 79.9. The number of amides is 2. The number of carbonyl (C=O) groups excluding carboxylic acids is 1. The van der Waals surface area contributed by atoms with Crippen LogP contribution in [0.2, 0.25) is 0 Å². The first-order chi connectivity index (χ1) is 9.79. The molecule has 0 fully saturated rings. The van der Waals surface area contributed by atoms with Crippen LogP contribution >= 0.6 is 15.9 Å². The molecule has 2 amide bonds. The fourth-order valence-electron chi connectivity index (χ4n) is 1.55. The highest BCUT2D eigenvalue weighted by molar-refractivity contribution is 9.10. The van der Waals surface area contributed by atoms with E-state index in [1.807, 2.05) is 6.92 Å². The first-order valence-corrected chi connectivity index (χ1v) is 8.72. The van der Waals surface area contributed by atoms with Crippen LogP contribution < -0.4 is 10.6 Å². The highest BCUT2D eigenvalue weighted by Crippen LogP contribution is 2.23. The van der Waals surface area contributed by atoms with Crippen LogP contribution in [0.5, 0.6) is 0 Å². The molecule has 2 atom stereocenters. The van der Waals surface area contributed by atoms with Crippen LogP contribution in [0.4, 0.5) is 10.5 Å². The first kappa shape index (κ1) is 17.6. The number of aromatic carboxylic acids is 1. The van der Waals surface area contributed by atoms with Gasteiger partial charge < -0.3 is 15.7 Å². The largest absolute Gasteiger partial charge is 0.478 e. The van der Waals surface area contributed by atoms with Gasteiger partial charge in [0.1, 0.15) is 0 Å². The lowest BCUT2D eigenvalue weighted by atomic mass is 10.2. The fourth-order valence-corrected chi connectivity index (χ4v) is 2.58. The Morgan fingerprint density at radius 1 is 1.43 bits per heavy atom.